The Hall–Kier alpha value is -2.22. The predicted molar refractivity (Wildman–Crippen MR) is 88.1 cm³/mol. The first-order valence-electron chi connectivity index (χ1n) is 7.38. The monoisotopic (exact) mass is 356 g/mol. The van der Waals surface area contributed by atoms with E-state index in [2.05, 4.69) is 0 Å². The van der Waals surface area contributed by atoms with Gasteiger partial charge in [-0.15, -0.1) is 0 Å². The highest BCUT2D eigenvalue weighted by molar-refractivity contribution is 8.14. The van der Waals surface area contributed by atoms with Crippen molar-refractivity contribution in [2.24, 2.45) is 0 Å². The molecular weight excluding hydrogens is 336 g/mol. The van der Waals surface area contributed by atoms with Gasteiger partial charge in [0.25, 0.3) is 0 Å². The molecule has 0 aliphatic rings. The maximum Gasteiger partial charge on any atom is 0.371 e. The third kappa shape index (κ3) is 6.49. The quantitative estimate of drug-likeness (QED) is 0.519. The number of rotatable bonds is 8. The summed E-state index contributed by atoms with van der Waals surface area (Å²) in [5.74, 6) is -0.793. The number of carbonyl (C=O) groups is 3. The van der Waals surface area contributed by atoms with Crippen LogP contribution in [0.15, 0.2) is 24.3 Å². The summed E-state index contributed by atoms with van der Waals surface area (Å²) in [6.45, 7) is 5.07. The third-order valence-corrected chi connectivity index (χ3v) is 3.52. The van der Waals surface area contributed by atoms with Gasteiger partial charge in [0.2, 0.25) is 6.79 Å². The molecule has 132 valence electrons. The van der Waals surface area contributed by atoms with Gasteiger partial charge in [-0.25, -0.2) is 9.59 Å². The second kappa shape index (κ2) is 10.5. The van der Waals surface area contributed by atoms with E-state index in [0.29, 0.717) is 24.1 Å². The zero-order valence-corrected chi connectivity index (χ0v) is 14.6. The van der Waals surface area contributed by atoms with E-state index < -0.39 is 29.3 Å². The highest BCUT2D eigenvalue weighted by Crippen LogP contribution is 2.19. The molecule has 1 aromatic carbocycles. The fraction of sp³-hybridized carbons (Fsp3) is 0.438. The molecule has 7 nitrogen and oxygen atoms in total. The van der Waals surface area contributed by atoms with E-state index in [1.165, 1.54) is 6.92 Å². The van der Waals surface area contributed by atoms with Crippen molar-refractivity contribution < 1.29 is 33.3 Å². The van der Waals surface area contributed by atoms with Crippen molar-refractivity contribution in [3.63, 3.8) is 0 Å². The number of thioether (sulfide) groups is 1. The zero-order valence-electron chi connectivity index (χ0n) is 13.8. The maximum atomic E-state index is 12.0. The summed E-state index contributed by atoms with van der Waals surface area (Å²) in [6.07, 6.45) is 0. The van der Waals surface area contributed by atoms with E-state index in [0.717, 1.165) is 0 Å². The SMILES string of the molecule is CCOC(=O)C(C)SC(=O)OCOC(=O)c1ccccc1OCC. The van der Waals surface area contributed by atoms with Gasteiger partial charge in [-0.2, -0.15) is 0 Å². The summed E-state index contributed by atoms with van der Waals surface area (Å²) in [7, 11) is 0. The van der Waals surface area contributed by atoms with Crippen molar-refractivity contribution in [2.45, 2.75) is 26.0 Å². The van der Waals surface area contributed by atoms with Gasteiger partial charge in [0.1, 0.15) is 16.6 Å². The topological polar surface area (TPSA) is 88.1 Å². The van der Waals surface area contributed by atoms with Gasteiger partial charge in [0, 0.05) is 0 Å². The molecule has 0 amide bonds. The predicted octanol–water partition coefficient (Wildman–Crippen LogP) is 3.02. The molecule has 1 aromatic rings. The average molecular weight is 356 g/mol. The minimum Gasteiger partial charge on any atom is -0.493 e. The smallest absolute Gasteiger partial charge is 0.371 e. The second-order valence-electron chi connectivity index (χ2n) is 4.39. The van der Waals surface area contributed by atoms with Gasteiger partial charge in [-0.1, -0.05) is 12.1 Å². The molecule has 0 aliphatic carbocycles. The van der Waals surface area contributed by atoms with E-state index in [4.69, 9.17) is 18.9 Å². The first kappa shape index (κ1) is 19.8. The van der Waals surface area contributed by atoms with Crippen LogP contribution in [0.3, 0.4) is 0 Å². The van der Waals surface area contributed by atoms with Crippen molar-refractivity contribution in [2.75, 3.05) is 20.0 Å². The Labute approximate surface area is 144 Å². The lowest BCUT2D eigenvalue weighted by molar-refractivity contribution is -0.142. The molecule has 0 saturated carbocycles. The van der Waals surface area contributed by atoms with E-state index >= 15 is 0 Å². The third-order valence-electron chi connectivity index (χ3n) is 2.67. The molecule has 0 radical (unpaired) electrons. The summed E-state index contributed by atoms with van der Waals surface area (Å²) < 4.78 is 19.7. The van der Waals surface area contributed by atoms with Crippen molar-refractivity contribution in [3.05, 3.63) is 29.8 Å². The fourth-order valence-electron chi connectivity index (χ4n) is 1.61. The van der Waals surface area contributed by atoms with Crippen LogP contribution in [0.2, 0.25) is 0 Å². The Balaban J connectivity index is 2.43. The number of esters is 2. The number of ether oxygens (including phenoxy) is 4. The van der Waals surface area contributed by atoms with Gasteiger partial charge in [0.15, 0.2) is 0 Å². The molecule has 0 N–H and O–H groups in total. The van der Waals surface area contributed by atoms with Crippen LogP contribution in [-0.4, -0.2) is 42.5 Å². The number of benzene rings is 1. The molecule has 0 aromatic heterocycles. The zero-order chi connectivity index (χ0) is 17.9. The summed E-state index contributed by atoms with van der Waals surface area (Å²) in [4.78, 5) is 34.9. The lowest BCUT2D eigenvalue weighted by Gasteiger charge is -2.11. The molecule has 0 aliphatic heterocycles. The van der Waals surface area contributed by atoms with E-state index in [1.54, 1.807) is 38.1 Å². The standard InChI is InChI=1S/C16H20O7S/c1-4-20-13-9-7-6-8-12(13)15(18)22-10-23-16(19)24-11(3)14(17)21-5-2/h6-9,11H,4-5,10H2,1-3H3. The molecule has 8 heteroatoms. The summed E-state index contributed by atoms with van der Waals surface area (Å²) in [5.41, 5.74) is 0.239. The molecule has 0 bridgehead atoms. The number of carbonyl (C=O) groups excluding carboxylic acids is 3. The molecular formula is C16H20O7S. The molecule has 1 rings (SSSR count). The maximum absolute atomic E-state index is 12.0. The van der Waals surface area contributed by atoms with Crippen LogP contribution in [0.1, 0.15) is 31.1 Å². The Morgan fingerprint density at radius 2 is 1.75 bits per heavy atom. The van der Waals surface area contributed by atoms with Crippen molar-refractivity contribution in [1.82, 2.24) is 0 Å². The van der Waals surface area contributed by atoms with E-state index in [9.17, 15) is 14.4 Å². The van der Waals surface area contributed by atoms with Gasteiger partial charge in [-0.3, -0.25) is 4.79 Å². The lowest BCUT2D eigenvalue weighted by atomic mass is 10.2. The van der Waals surface area contributed by atoms with Gasteiger partial charge in [0.05, 0.1) is 13.2 Å². The van der Waals surface area contributed by atoms with Crippen molar-refractivity contribution >= 4 is 29.0 Å². The second-order valence-corrected chi connectivity index (χ2v) is 5.66. The Morgan fingerprint density at radius 1 is 1.04 bits per heavy atom. The largest absolute Gasteiger partial charge is 0.493 e. The highest BCUT2D eigenvalue weighted by atomic mass is 32.2. The van der Waals surface area contributed by atoms with Crippen molar-refractivity contribution in [3.8, 4) is 5.75 Å². The Kier molecular flexibility index (Phi) is 8.70. The number of hydrogen-bond donors (Lipinski definition) is 0. The average Bonchev–Trinajstić information content (AvgIpc) is 2.55. The van der Waals surface area contributed by atoms with Gasteiger partial charge >= 0.3 is 17.2 Å². The summed E-state index contributed by atoms with van der Waals surface area (Å²) in [6, 6.07) is 6.59. The van der Waals surface area contributed by atoms with Crippen LogP contribution in [-0.2, 0) is 19.0 Å². The molecule has 0 fully saturated rings. The summed E-state index contributed by atoms with van der Waals surface area (Å²) in [5, 5.41) is -1.44. The van der Waals surface area contributed by atoms with Crippen LogP contribution >= 0.6 is 11.8 Å². The van der Waals surface area contributed by atoms with E-state index in [-0.39, 0.29) is 12.2 Å². The minimum absolute atomic E-state index is 0.232. The minimum atomic E-state index is -0.735. The van der Waals surface area contributed by atoms with Crippen LogP contribution in [0.25, 0.3) is 0 Å². The fourth-order valence-corrected chi connectivity index (χ4v) is 2.18. The first-order valence-corrected chi connectivity index (χ1v) is 8.26. The number of para-hydroxylation sites is 1. The first-order chi connectivity index (χ1) is 11.5. The summed E-state index contributed by atoms with van der Waals surface area (Å²) >= 11 is 0.655. The van der Waals surface area contributed by atoms with Crippen molar-refractivity contribution in [1.29, 1.82) is 0 Å². The van der Waals surface area contributed by atoms with Gasteiger partial charge in [-0.05, 0) is 44.7 Å². The van der Waals surface area contributed by atoms with Crippen LogP contribution in [0.5, 0.6) is 5.75 Å². The number of hydrogen-bond acceptors (Lipinski definition) is 8. The molecule has 1 atom stereocenters. The Morgan fingerprint density at radius 3 is 2.42 bits per heavy atom. The lowest BCUT2D eigenvalue weighted by Crippen LogP contribution is -2.19. The Bertz CT molecular complexity index is 573. The van der Waals surface area contributed by atoms with Gasteiger partial charge < -0.3 is 18.9 Å². The highest BCUT2D eigenvalue weighted by Gasteiger charge is 2.20. The van der Waals surface area contributed by atoms with Crippen LogP contribution in [0, 0.1) is 0 Å². The molecule has 0 saturated heterocycles. The molecule has 1 unspecified atom stereocenters. The molecule has 24 heavy (non-hydrogen) atoms. The van der Waals surface area contributed by atoms with Crippen LogP contribution in [0.4, 0.5) is 4.79 Å². The van der Waals surface area contributed by atoms with Crippen LogP contribution < -0.4 is 4.74 Å². The molecule has 0 spiro atoms. The normalized spacial score (nSPS) is 11.3. The van der Waals surface area contributed by atoms with E-state index in [1.807, 2.05) is 0 Å². The molecule has 0 heterocycles.